The second-order valence-corrected chi connectivity index (χ2v) is 15.6. The van der Waals surface area contributed by atoms with Gasteiger partial charge in [0.05, 0.1) is 24.1 Å². The molecule has 224 valence electrons. The molecule has 1 saturated carbocycles. The Morgan fingerprint density at radius 2 is 1.81 bits per heavy atom. The van der Waals surface area contributed by atoms with Crippen LogP contribution in [0.3, 0.4) is 0 Å². The van der Waals surface area contributed by atoms with Gasteiger partial charge in [-0.2, -0.15) is 4.31 Å². The van der Waals surface area contributed by atoms with Crippen LogP contribution < -0.4 is 0 Å². The zero-order valence-corrected chi connectivity index (χ0v) is 26.6. The lowest BCUT2D eigenvalue weighted by atomic mass is 9.67. The first-order chi connectivity index (χ1) is 19.9. The molecule has 4 unspecified atom stereocenters. The number of amides is 1. The molecule has 7 nitrogen and oxygen atoms in total. The zero-order chi connectivity index (χ0) is 30.2. The minimum atomic E-state index is -3.63. The van der Waals surface area contributed by atoms with Gasteiger partial charge in [-0.3, -0.25) is 9.59 Å². The van der Waals surface area contributed by atoms with Crippen LogP contribution in [0.1, 0.15) is 60.6 Å². The second kappa shape index (κ2) is 12.3. The van der Waals surface area contributed by atoms with Crippen LogP contribution in [-0.2, 0) is 26.2 Å². The topological polar surface area (TPSA) is 95.0 Å². The number of carbonyl (C=O) groups excluding carboxylic acids is 1. The Bertz CT molecular complexity index is 1540. The number of thiophene rings is 1. The third-order valence-corrected chi connectivity index (χ3v) is 11.0. The van der Waals surface area contributed by atoms with E-state index in [1.807, 2.05) is 52.7 Å². The molecule has 2 aromatic carbocycles. The lowest BCUT2D eigenvalue weighted by molar-refractivity contribution is -0.161. The number of rotatable bonds is 11. The van der Waals surface area contributed by atoms with Crippen molar-refractivity contribution in [2.45, 2.75) is 57.2 Å². The van der Waals surface area contributed by atoms with Crippen molar-refractivity contribution in [2.75, 3.05) is 12.8 Å². The molecule has 3 aromatic rings. The molecule has 1 N–H and O–H groups in total. The molecule has 0 radical (unpaired) electrons. The van der Waals surface area contributed by atoms with E-state index < -0.39 is 33.5 Å². The van der Waals surface area contributed by atoms with Crippen LogP contribution in [0.4, 0.5) is 0 Å². The molecule has 1 aliphatic heterocycles. The fourth-order valence-electron chi connectivity index (χ4n) is 6.29. The monoisotopic (exact) mass is 648 g/mol. The van der Waals surface area contributed by atoms with E-state index in [9.17, 15) is 23.1 Å². The van der Waals surface area contributed by atoms with Crippen LogP contribution in [0.15, 0.2) is 66.0 Å². The van der Waals surface area contributed by atoms with E-state index in [0.717, 1.165) is 28.8 Å². The number of sulfonamides is 1. The number of aliphatic carboxylic acids is 1. The van der Waals surface area contributed by atoms with Gasteiger partial charge in [0.15, 0.2) is 0 Å². The quantitative estimate of drug-likeness (QED) is 0.246. The lowest BCUT2D eigenvalue weighted by Gasteiger charge is -2.52. The third-order valence-electron chi connectivity index (χ3n) is 8.43. The summed E-state index contributed by atoms with van der Waals surface area (Å²) in [4.78, 5) is 29.5. The third kappa shape index (κ3) is 6.86. The average Bonchev–Trinajstić information content (AvgIpc) is 3.62. The predicted molar refractivity (Wildman–Crippen MR) is 166 cm³/mol. The summed E-state index contributed by atoms with van der Waals surface area (Å²) in [7, 11) is -3.63. The summed E-state index contributed by atoms with van der Waals surface area (Å²) in [5, 5.41) is 12.9. The number of benzene rings is 2. The number of nitrogens with zero attached hydrogens (tertiary/aromatic N) is 2. The van der Waals surface area contributed by atoms with Crippen molar-refractivity contribution in [3.8, 4) is 0 Å². The van der Waals surface area contributed by atoms with E-state index in [2.05, 4.69) is 0 Å². The molecule has 1 saturated heterocycles. The molecular formula is C31H34Cl2N2O5S2. The van der Waals surface area contributed by atoms with Crippen molar-refractivity contribution in [2.24, 2.45) is 11.3 Å². The molecule has 5 rings (SSSR count). The van der Waals surface area contributed by atoms with Gasteiger partial charge >= 0.3 is 5.97 Å². The van der Waals surface area contributed by atoms with Gasteiger partial charge in [0.1, 0.15) is 0 Å². The van der Waals surface area contributed by atoms with E-state index in [1.165, 1.54) is 21.9 Å². The van der Waals surface area contributed by atoms with Gasteiger partial charge in [-0.05, 0) is 72.0 Å². The number of carbonyl (C=O) groups is 2. The molecule has 0 bridgehead atoms. The highest BCUT2D eigenvalue weighted by Gasteiger charge is 2.55. The van der Waals surface area contributed by atoms with Crippen molar-refractivity contribution < 1.29 is 23.1 Å². The van der Waals surface area contributed by atoms with Gasteiger partial charge in [-0.25, -0.2) is 8.42 Å². The van der Waals surface area contributed by atoms with E-state index in [-0.39, 0.29) is 37.3 Å². The number of likely N-dealkylation sites (tertiary alicyclic amines) is 1. The fraction of sp³-hybridized carbons (Fsp3) is 0.419. The van der Waals surface area contributed by atoms with E-state index >= 15 is 0 Å². The average molecular weight is 650 g/mol. The van der Waals surface area contributed by atoms with Gasteiger partial charge in [-0.1, -0.05) is 60.5 Å². The Labute approximate surface area is 261 Å². The normalized spacial score (nSPS) is 23.7. The Morgan fingerprint density at radius 1 is 1.10 bits per heavy atom. The minimum Gasteiger partial charge on any atom is -0.481 e. The van der Waals surface area contributed by atoms with Crippen molar-refractivity contribution in [1.29, 1.82) is 0 Å². The summed E-state index contributed by atoms with van der Waals surface area (Å²) in [6.45, 7) is 2.04. The highest BCUT2D eigenvalue weighted by molar-refractivity contribution is 7.88. The molecule has 1 amide bonds. The smallest absolute Gasteiger partial charge is 0.304 e. The van der Waals surface area contributed by atoms with Crippen LogP contribution in [-0.4, -0.2) is 53.4 Å². The first-order valence-electron chi connectivity index (χ1n) is 13.9. The Hall–Kier alpha value is -2.43. The summed E-state index contributed by atoms with van der Waals surface area (Å²) in [6, 6.07) is 17.7. The SMILES string of the molecule is CC1(CC(=O)O)CC(c2cccc(Cl)c2)C(c2ccc(Cl)cc2)N(C(CN(Cc2cccs2)S(C)(=O)=O)C2CC2)C1=O. The summed E-state index contributed by atoms with van der Waals surface area (Å²) in [5.74, 6) is -1.54. The second-order valence-electron chi connectivity index (χ2n) is 11.7. The van der Waals surface area contributed by atoms with Crippen LogP contribution in [0, 0.1) is 11.3 Å². The number of hydrogen-bond donors (Lipinski definition) is 1. The van der Waals surface area contributed by atoms with Gasteiger partial charge in [0.2, 0.25) is 15.9 Å². The fourth-order valence-corrected chi connectivity index (χ4v) is 8.22. The van der Waals surface area contributed by atoms with Gasteiger partial charge < -0.3 is 10.0 Å². The summed E-state index contributed by atoms with van der Waals surface area (Å²) < 4.78 is 27.7. The molecule has 0 spiro atoms. The standard InChI is InChI=1S/C31H34Cl2N2O5S2/c1-31(17-28(36)37)16-26(22-5-3-6-24(33)15-22)29(21-10-12-23(32)13-11-21)35(30(31)38)27(20-8-9-20)19-34(42(2,39)40)18-25-7-4-14-41-25/h3-7,10-15,20,26-27,29H,8-9,16-19H2,1-2H3,(H,36,37). The first kappa shape index (κ1) is 31.0. The molecular weight excluding hydrogens is 615 g/mol. The largest absolute Gasteiger partial charge is 0.481 e. The maximum atomic E-state index is 14.6. The Balaban J connectivity index is 1.66. The minimum absolute atomic E-state index is 0.0866. The van der Waals surface area contributed by atoms with Crippen LogP contribution in [0.25, 0.3) is 0 Å². The summed E-state index contributed by atoms with van der Waals surface area (Å²) >= 11 is 14.2. The lowest BCUT2D eigenvalue weighted by Crippen LogP contribution is -2.59. The van der Waals surface area contributed by atoms with E-state index in [4.69, 9.17) is 23.2 Å². The van der Waals surface area contributed by atoms with Crippen LogP contribution in [0.2, 0.25) is 10.0 Å². The molecule has 11 heteroatoms. The molecule has 2 fully saturated rings. The first-order valence-corrected chi connectivity index (χ1v) is 17.4. The number of carboxylic acids is 1. The molecule has 1 aliphatic carbocycles. The van der Waals surface area contributed by atoms with E-state index in [1.54, 1.807) is 25.1 Å². The van der Waals surface area contributed by atoms with Crippen LogP contribution in [0.5, 0.6) is 0 Å². The van der Waals surface area contributed by atoms with Crippen molar-refractivity contribution >= 4 is 56.4 Å². The molecule has 2 heterocycles. The Kier molecular flexibility index (Phi) is 9.07. The highest BCUT2D eigenvalue weighted by atomic mass is 35.5. The van der Waals surface area contributed by atoms with Crippen molar-refractivity contribution in [1.82, 2.24) is 9.21 Å². The summed E-state index contributed by atoms with van der Waals surface area (Å²) in [6.07, 6.45) is 2.87. The van der Waals surface area contributed by atoms with Crippen molar-refractivity contribution in [3.05, 3.63) is 92.1 Å². The molecule has 1 aromatic heterocycles. The number of carboxylic acid groups (broad SMARTS) is 1. The van der Waals surface area contributed by atoms with Gasteiger partial charge in [-0.15, -0.1) is 11.3 Å². The zero-order valence-electron chi connectivity index (χ0n) is 23.4. The number of halogens is 2. The number of hydrogen-bond acceptors (Lipinski definition) is 5. The molecule has 42 heavy (non-hydrogen) atoms. The highest BCUT2D eigenvalue weighted by Crippen LogP contribution is 2.54. The van der Waals surface area contributed by atoms with Gasteiger partial charge in [0.25, 0.3) is 0 Å². The maximum absolute atomic E-state index is 14.6. The molecule has 2 aliphatic rings. The van der Waals surface area contributed by atoms with E-state index in [0.29, 0.717) is 16.5 Å². The maximum Gasteiger partial charge on any atom is 0.304 e. The van der Waals surface area contributed by atoms with Crippen LogP contribution >= 0.6 is 34.5 Å². The number of piperidine rings is 1. The van der Waals surface area contributed by atoms with Gasteiger partial charge in [0, 0.05) is 40.0 Å². The Morgan fingerprint density at radius 3 is 2.38 bits per heavy atom. The van der Waals surface area contributed by atoms with Crippen molar-refractivity contribution in [3.63, 3.8) is 0 Å². The molecule has 4 atom stereocenters. The summed E-state index contributed by atoms with van der Waals surface area (Å²) in [5.41, 5.74) is 0.535. The predicted octanol–water partition coefficient (Wildman–Crippen LogP) is 6.83.